The van der Waals surface area contributed by atoms with Gasteiger partial charge in [0.1, 0.15) is 24.4 Å². The zero-order chi connectivity index (χ0) is 13.8. The summed E-state index contributed by atoms with van der Waals surface area (Å²) in [6, 6.07) is 0. The molecule has 5 unspecified atom stereocenters. The van der Waals surface area contributed by atoms with Crippen LogP contribution in [0.15, 0.2) is 0 Å². The van der Waals surface area contributed by atoms with Crippen LogP contribution in [-0.4, -0.2) is 70.6 Å². The highest BCUT2D eigenvalue weighted by Crippen LogP contribution is 2.40. The van der Waals surface area contributed by atoms with Gasteiger partial charge in [0, 0.05) is 13.0 Å². The molecule has 0 spiro atoms. The summed E-state index contributed by atoms with van der Waals surface area (Å²) in [7, 11) is 0. The van der Waals surface area contributed by atoms with Gasteiger partial charge in [-0.2, -0.15) is 0 Å². The Morgan fingerprint density at radius 3 is 2.63 bits per heavy atom. The van der Waals surface area contributed by atoms with Crippen LogP contribution in [0, 0.1) is 0 Å². The van der Waals surface area contributed by atoms with Crippen LogP contribution in [0.4, 0.5) is 0 Å². The molecule has 3 aliphatic rings. The highest BCUT2D eigenvalue weighted by molar-refractivity contribution is 5.83. The molecule has 19 heavy (non-hydrogen) atoms. The molecule has 3 heterocycles. The third-order valence-corrected chi connectivity index (χ3v) is 3.82. The molecule has 7 nitrogen and oxygen atoms in total. The summed E-state index contributed by atoms with van der Waals surface area (Å²) in [5, 5.41) is 18.9. The van der Waals surface area contributed by atoms with Crippen molar-refractivity contribution < 1.29 is 29.2 Å². The summed E-state index contributed by atoms with van der Waals surface area (Å²) < 4.78 is 17.2. The molecule has 0 radical (unpaired) electrons. The molecule has 1 amide bonds. The van der Waals surface area contributed by atoms with Crippen LogP contribution >= 0.6 is 0 Å². The van der Waals surface area contributed by atoms with Crippen molar-refractivity contribution in [3.8, 4) is 0 Å². The Hall–Kier alpha value is -0.730. The lowest BCUT2D eigenvalue weighted by molar-refractivity contribution is -0.209. The number of carbonyl (C=O) groups is 1. The zero-order valence-electron chi connectivity index (χ0n) is 11.0. The first-order valence-electron chi connectivity index (χ1n) is 6.53. The minimum absolute atomic E-state index is 0.193. The maximum Gasteiger partial charge on any atom is 0.253 e. The second-order valence-corrected chi connectivity index (χ2v) is 5.65. The van der Waals surface area contributed by atoms with Crippen molar-refractivity contribution in [2.45, 2.75) is 56.7 Å². The van der Waals surface area contributed by atoms with E-state index < -0.39 is 36.4 Å². The Labute approximate surface area is 111 Å². The number of hydrogen-bond donors (Lipinski definition) is 2. The first-order chi connectivity index (χ1) is 8.93. The molecular weight excluding hydrogens is 254 g/mol. The van der Waals surface area contributed by atoms with Crippen molar-refractivity contribution in [1.82, 2.24) is 4.90 Å². The van der Waals surface area contributed by atoms with E-state index in [1.807, 2.05) is 0 Å². The molecule has 0 aliphatic carbocycles. The molecular formula is C12H19NO6. The zero-order valence-corrected chi connectivity index (χ0v) is 11.0. The number of likely N-dealkylation sites (tertiary alicyclic amines) is 1. The highest BCUT2D eigenvalue weighted by Gasteiger charge is 2.58. The molecule has 3 aliphatic heterocycles. The molecule has 2 N–H and O–H groups in total. The second kappa shape index (κ2) is 4.39. The Balaban J connectivity index is 1.81. The van der Waals surface area contributed by atoms with E-state index in [4.69, 9.17) is 14.2 Å². The molecule has 3 fully saturated rings. The average molecular weight is 273 g/mol. The normalized spacial score (nSPS) is 44.9. The van der Waals surface area contributed by atoms with Gasteiger partial charge in [-0.3, -0.25) is 4.79 Å². The van der Waals surface area contributed by atoms with Gasteiger partial charge in [-0.25, -0.2) is 0 Å². The van der Waals surface area contributed by atoms with Crippen LogP contribution in [0.5, 0.6) is 0 Å². The van der Waals surface area contributed by atoms with E-state index in [1.54, 1.807) is 13.8 Å². The molecule has 0 aromatic carbocycles. The molecule has 108 valence electrons. The van der Waals surface area contributed by atoms with Gasteiger partial charge in [0.25, 0.3) is 5.91 Å². The van der Waals surface area contributed by atoms with Gasteiger partial charge in [-0.1, -0.05) is 0 Å². The Bertz CT molecular complexity index is 386. The van der Waals surface area contributed by atoms with Gasteiger partial charge >= 0.3 is 0 Å². The lowest BCUT2D eigenvalue weighted by atomic mass is 10.1. The fourth-order valence-electron chi connectivity index (χ4n) is 3.00. The average Bonchev–Trinajstić information content (AvgIpc) is 2.93. The largest absolute Gasteiger partial charge is 0.394 e. The Morgan fingerprint density at radius 2 is 2.05 bits per heavy atom. The molecule has 0 bridgehead atoms. The van der Waals surface area contributed by atoms with Crippen LogP contribution in [0.3, 0.4) is 0 Å². The van der Waals surface area contributed by atoms with Crippen LogP contribution in [0.2, 0.25) is 0 Å². The van der Waals surface area contributed by atoms with Gasteiger partial charge < -0.3 is 29.3 Å². The van der Waals surface area contributed by atoms with Crippen molar-refractivity contribution >= 4 is 5.91 Å². The summed E-state index contributed by atoms with van der Waals surface area (Å²) in [4.78, 5) is 13.3. The maximum atomic E-state index is 11.9. The van der Waals surface area contributed by atoms with Gasteiger partial charge in [0.15, 0.2) is 12.0 Å². The summed E-state index contributed by atoms with van der Waals surface area (Å²) in [5.74, 6) is -1.11. The molecule has 7 heteroatoms. The highest BCUT2D eigenvalue weighted by atomic mass is 16.8. The van der Waals surface area contributed by atoms with E-state index in [0.717, 1.165) is 0 Å². The van der Waals surface area contributed by atoms with E-state index in [1.165, 1.54) is 4.90 Å². The van der Waals surface area contributed by atoms with E-state index in [9.17, 15) is 15.0 Å². The molecule has 3 saturated heterocycles. The number of nitrogens with zero attached hydrogens (tertiary/aromatic N) is 1. The number of ether oxygens (including phenoxy) is 3. The third kappa shape index (κ3) is 2.05. The smallest absolute Gasteiger partial charge is 0.253 e. The van der Waals surface area contributed by atoms with Crippen LogP contribution < -0.4 is 0 Å². The van der Waals surface area contributed by atoms with E-state index in [0.29, 0.717) is 13.0 Å². The first kappa shape index (κ1) is 13.3. The SMILES string of the molecule is CC1(C)OC2C(CO)OC(N3CCC(O)C3=O)C2O1. The Kier molecular flexibility index (Phi) is 3.06. The number of rotatable bonds is 2. The lowest BCUT2D eigenvalue weighted by Crippen LogP contribution is -2.46. The number of fused-ring (bicyclic) bond motifs is 1. The van der Waals surface area contributed by atoms with Crippen molar-refractivity contribution in [3.63, 3.8) is 0 Å². The predicted octanol–water partition coefficient (Wildman–Crippen LogP) is -1.18. The molecule has 0 saturated carbocycles. The van der Waals surface area contributed by atoms with Crippen molar-refractivity contribution in [1.29, 1.82) is 0 Å². The summed E-state index contributed by atoms with van der Waals surface area (Å²) >= 11 is 0. The monoisotopic (exact) mass is 273 g/mol. The van der Waals surface area contributed by atoms with Crippen LogP contribution in [-0.2, 0) is 19.0 Å². The predicted molar refractivity (Wildman–Crippen MR) is 61.9 cm³/mol. The summed E-state index contributed by atoms with van der Waals surface area (Å²) in [6.07, 6.45) is -2.51. The summed E-state index contributed by atoms with van der Waals surface area (Å²) in [6.45, 7) is 3.81. The standard InChI is InChI=1S/C12H19NO6/c1-12(2)18-8-7(5-14)17-11(9(8)19-12)13-4-3-6(15)10(13)16/h6-9,11,14-15H,3-5H2,1-2H3. The number of aliphatic hydroxyl groups excluding tert-OH is 2. The van der Waals surface area contributed by atoms with Gasteiger partial charge in [0.2, 0.25) is 0 Å². The number of carbonyl (C=O) groups excluding carboxylic acids is 1. The Morgan fingerprint density at radius 1 is 1.37 bits per heavy atom. The molecule has 0 aromatic heterocycles. The topological polar surface area (TPSA) is 88.5 Å². The second-order valence-electron chi connectivity index (χ2n) is 5.65. The van der Waals surface area contributed by atoms with Crippen molar-refractivity contribution in [3.05, 3.63) is 0 Å². The third-order valence-electron chi connectivity index (χ3n) is 3.82. The molecule has 0 aromatic rings. The van der Waals surface area contributed by atoms with Crippen molar-refractivity contribution in [2.75, 3.05) is 13.2 Å². The van der Waals surface area contributed by atoms with Crippen molar-refractivity contribution in [2.24, 2.45) is 0 Å². The van der Waals surface area contributed by atoms with E-state index in [-0.39, 0.29) is 12.5 Å². The molecule has 5 atom stereocenters. The minimum atomic E-state index is -0.967. The van der Waals surface area contributed by atoms with Crippen LogP contribution in [0.25, 0.3) is 0 Å². The fraction of sp³-hybridized carbons (Fsp3) is 0.917. The molecule has 3 rings (SSSR count). The lowest BCUT2D eigenvalue weighted by Gasteiger charge is -2.29. The fourth-order valence-corrected chi connectivity index (χ4v) is 3.00. The first-order valence-corrected chi connectivity index (χ1v) is 6.53. The van der Waals surface area contributed by atoms with Gasteiger partial charge in [-0.15, -0.1) is 0 Å². The van der Waals surface area contributed by atoms with Gasteiger partial charge in [-0.05, 0) is 13.8 Å². The number of hydrogen-bond acceptors (Lipinski definition) is 6. The van der Waals surface area contributed by atoms with E-state index in [2.05, 4.69) is 0 Å². The number of aliphatic hydroxyl groups is 2. The van der Waals surface area contributed by atoms with E-state index >= 15 is 0 Å². The number of amides is 1. The van der Waals surface area contributed by atoms with Crippen LogP contribution in [0.1, 0.15) is 20.3 Å². The minimum Gasteiger partial charge on any atom is -0.394 e. The maximum absolute atomic E-state index is 11.9. The quantitative estimate of drug-likeness (QED) is 0.658. The summed E-state index contributed by atoms with van der Waals surface area (Å²) in [5.41, 5.74) is 0. The van der Waals surface area contributed by atoms with Gasteiger partial charge in [0.05, 0.1) is 6.61 Å².